The number of hydrogen-bond acceptors (Lipinski definition) is 8. The summed E-state index contributed by atoms with van der Waals surface area (Å²) in [6.07, 6.45) is 11.8. The fraction of sp³-hybridized carbons (Fsp3) is 0.479. The molecule has 4 aliphatic heterocycles. The van der Waals surface area contributed by atoms with Gasteiger partial charge in [-0.2, -0.15) is 10.5 Å². The predicted molar refractivity (Wildman–Crippen MR) is 225 cm³/mol. The molecule has 3 aromatic carbocycles. The van der Waals surface area contributed by atoms with Gasteiger partial charge < -0.3 is 24.0 Å². The van der Waals surface area contributed by atoms with E-state index in [1.807, 2.05) is 24.3 Å². The second-order valence-corrected chi connectivity index (χ2v) is 18.7. The Morgan fingerprint density at radius 2 is 1.04 bits per heavy atom. The Balaban J connectivity index is 1.33. The van der Waals surface area contributed by atoms with Crippen molar-refractivity contribution < 1.29 is 19.0 Å². The number of nitriles is 2. The summed E-state index contributed by atoms with van der Waals surface area (Å²) < 4.78 is 17.9. The van der Waals surface area contributed by atoms with Crippen LogP contribution in [0, 0.1) is 22.7 Å². The van der Waals surface area contributed by atoms with Crippen molar-refractivity contribution in [3.05, 3.63) is 79.9 Å². The van der Waals surface area contributed by atoms with E-state index in [1.165, 1.54) is 35.0 Å². The van der Waals surface area contributed by atoms with Crippen molar-refractivity contribution in [1.82, 2.24) is 0 Å². The standard InChI is InChI=1S/C48H56N4O4/c1-30(53)56-44-34(26-38-42-40(44)48(8,9)18-22-52(42)20-16-46(38,4)5)14-12-32-24-35(27-49)31(23-36(32)28-50)11-13-33-25-37-41-39(43(33)55-29-54-10)47(6,7)17-21-51(41)19-15-45(37,2)3/h11-14,23-26H,15-22,29H2,1-10H3. The van der Waals surface area contributed by atoms with Crippen LogP contribution in [0.3, 0.4) is 0 Å². The van der Waals surface area contributed by atoms with Gasteiger partial charge in [-0.3, -0.25) is 4.79 Å². The molecule has 8 heteroatoms. The van der Waals surface area contributed by atoms with Crippen LogP contribution in [0.1, 0.15) is 144 Å². The zero-order valence-corrected chi connectivity index (χ0v) is 34.9. The molecule has 56 heavy (non-hydrogen) atoms. The highest BCUT2D eigenvalue weighted by atomic mass is 16.7. The van der Waals surface area contributed by atoms with Crippen molar-refractivity contribution in [2.24, 2.45) is 0 Å². The Morgan fingerprint density at radius 1 is 0.643 bits per heavy atom. The summed E-state index contributed by atoms with van der Waals surface area (Å²) in [6.45, 7) is 23.7. The molecule has 8 nitrogen and oxygen atoms in total. The lowest BCUT2D eigenvalue weighted by Gasteiger charge is -2.48. The molecule has 0 unspecified atom stereocenters. The summed E-state index contributed by atoms with van der Waals surface area (Å²) >= 11 is 0. The van der Waals surface area contributed by atoms with Gasteiger partial charge in [-0.1, -0.05) is 79.7 Å². The van der Waals surface area contributed by atoms with Gasteiger partial charge in [-0.15, -0.1) is 0 Å². The number of carbonyl (C=O) groups excluding carboxylic acids is 1. The third-order valence-electron chi connectivity index (χ3n) is 12.9. The molecular formula is C48H56N4O4. The minimum Gasteiger partial charge on any atom is -0.467 e. The van der Waals surface area contributed by atoms with Crippen molar-refractivity contribution in [2.45, 2.75) is 110 Å². The van der Waals surface area contributed by atoms with Gasteiger partial charge in [-0.25, -0.2) is 0 Å². The van der Waals surface area contributed by atoms with Gasteiger partial charge in [0, 0.05) is 73.8 Å². The number of esters is 1. The third kappa shape index (κ3) is 6.77. The van der Waals surface area contributed by atoms with Crippen LogP contribution in [0.5, 0.6) is 11.5 Å². The molecule has 0 atom stereocenters. The second kappa shape index (κ2) is 14.2. The molecule has 292 valence electrons. The molecule has 0 fully saturated rings. The first-order valence-corrected chi connectivity index (χ1v) is 20.0. The van der Waals surface area contributed by atoms with Crippen LogP contribution in [0.25, 0.3) is 24.3 Å². The molecule has 3 aromatic rings. The average molecular weight is 753 g/mol. The van der Waals surface area contributed by atoms with E-state index in [1.54, 1.807) is 19.2 Å². The molecule has 0 saturated heterocycles. The molecule has 4 heterocycles. The average Bonchev–Trinajstić information content (AvgIpc) is 3.13. The lowest BCUT2D eigenvalue weighted by atomic mass is 9.68. The fourth-order valence-electron chi connectivity index (χ4n) is 9.38. The topological polar surface area (TPSA) is 98.8 Å². The summed E-state index contributed by atoms with van der Waals surface area (Å²) in [4.78, 5) is 17.6. The zero-order chi connectivity index (χ0) is 40.4. The maximum absolute atomic E-state index is 12.6. The summed E-state index contributed by atoms with van der Waals surface area (Å²) in [6, 6.07) is 12.7. The summed E-state index contributed by atoms with van der Waals surface area (Å²) in [5.74, 6) is 1.00. The molecule has 0 aromatic heterocycles. The minimum absolute atomic E-state index is 0.0217. The monoisotopic (exact) mass is 752 g/mol. The van der Waals surface area contributed by atoms with Gasteiger partial charge >= 0.3 is 5.97 Å². The highest BCUT2D eigenvalue weighted by molar-refractivity contribution is 5.86. The van der Waals surface area contributed by atoms with Gasteiger partial charge in [0.1, 0.15) is 11.5 Å². The van der Waals surface area contributed by atoms with Crippen LogP contribution >= 0.6 is 0 Å². The SMILES string of the molecule is COCOc1c(C=Cc2cc(C#N)c(C=Cc3cc4c5c(c3OC(C)=O)C(C)(C)CCN5CCC4(C)C)cc2C#N)cc2c3c1C(C)(C)CCN3CCC2(C)C. The Labute approximate surface area is 333 Å². The van der Waals surface area contributed by atoms with E-state index in [9.17, 15) is 15.3 Å². The van der Waals surface area contributed by atoms with E-state index < -0.39 is 0 Å². The van der Waals surface area contributed by atoms with E-state index in [4.69, 9.17) is 14.2 Å². The van der Waals surface area contributed by atoms with Crippen molar-refractivity contribution in [3.8, 4) is 23.6 Å². The van der Waals surface area contributed by atoms with Crippen LogP contribution in [-0.2, 0) is 31.2 Å². The van der Waals surface area contributed by atoms with Gasteiger partial charge in [0.2, 0.25) is 0 Å². The minimum atomic E-state index is -0.372. The lowest BCUT2D eigenvalue weighted by molar-refractivity contribution is -0.132. The van der Waals surface area contributed by atoms with Crippen LogP contribution in [-0.4, -0.2) is 46.1 Å². The van der Waals surface area contributed by atoms with Crippen LogP contribution in [0.4, 0.5) is 11.4 Å². The van der Waals surface area contributed by atoms with Crippen LogP contribution in [0.2, 0.25) is 0 Å². The van der Waals surface area contributed by atoms with E-state index in [0.29, 0.717) is 28.0 Å². The van der Waals surface area contributed by atoms with Crippen molar-refractivity contribution >= 4 is 41.6 Å². The number of ether oxygens (including phenoxy) is 3. The van der Waals surface area contributed by atoms with Gasteiger partial charge in [0.15, 0.2) is 6.79 Å². The number of carbonyl (C=O) groups is 1. The lowest BCUT2D eigenvalue weighted by Crippen LogP contribution is -2.45. The van der Waals surface area contributed by atoms with E-state index in [0.717, 1.165) is 74.3 Å². The number of benzene rings is 3. The molecule has 0 bridgehead atoms. The van der Waals surface area contributed by atoms with E-state index in [2.05, 4.69) is 89.5 Å². The maximum Gasteiger partial charge on any atom is 0.308 e. The van der Waals surface area contributed by atoms with Gasteiger partial charge in [0.05, 0.1) is 23.3 Å². The molecule has 4 aliphatic rings. The molecule has 7 rings (SSSR count). The van der Waals surface area contributed by atoms with Crippen molar-refractivity contribution in [2.75, 3.05) is 49.9 Å². The predicted octanol–water partition coefficient (Wildman–Crippen LogP) is 10.0. The summed E-state index contributed by atoms with van der Waals surface area (Å²) in [5, 5.41) is 20.9. The van der Waals surface area contributed by atoms with Crippen LogP contribution < -0.4 is 19.3 Å². The number of anilines is 2. The normalized spacial score (nSPS) is 19.6. The first-order valence-electron chi connectivity index (χ1n) is 20.0. The number of nitrogens with zero attached hydrogens (tertiary/aromatic N) is 4. The third-order valence-corrected chi connectivity index (χ3v) is 12.9. The quantitative estimate of drug-likeness (QED) is 0.0971. The van der Waals surface area contributed by atoms with Gasteiger partial charge in [-0.05, 0) is 93.9 Å². The highest BCUT2D eigenvalue weighted by Crippen LogP contribution is 2.55. The van der Waals surface area contributed by atoms with E-state index in [-0.39, 0.29) is 34.4 Å². The smallest absolute Gasteiger partial charge is 0.308 e. The highest BCUT2D eigenvalue weighted by Gasteiger charge is 2.44. The van der Waals surface area contributed by atoms with Gasteiger partial charge in [0.25, 0.3) is 0 Å². The van der Waals surface area contributed by atoms with Crippen LogP contribution in [0.15, 0.2) is 24.3 Å². The molecule has 0 spiro atoms. The second-order valence-electron chi connectivity index (χ2n) is 18.7. The zero-order valence-electron chi connectivity index (χ0n) is 34.9. The Morgan fingerprint density at radius 3 is 1.45 bits per heavy atom. The largest absolute Gasteiger partial charge is 0.467 e. The first kappa shape index (κ1) is 39.2. The fourth-order valence-corrected chi connectivity index (χ4v) is 9.38. The summed E-state index contributed by atoms with van der Waals surface area (Å²) in [5.41, 5.74) is 10.7. The van der Waals surface area contributed by atoms with Crippen molar-refractivity contribution in [3.63, 3.8) is 0 Å². The number of methoxy groups -OCH3 is 1. The molecular weight excluding hydrogens is 697 g/mol. The molecule has 0 aliphatic carbocycles. The number of rotatable bonds is 8. The number of hydrogen-bond donors (Lipinski definition) is 0. The molecule has 0 radical (unpaired) electrons. The molecule has 0 amide bonds. The Kier molecular flexibility index (Phi) is 9.91. The molecule has 0 saturated carbocycles. The first-order chi connectivity index (χ1) is 26.4. The Hall–Kier alpha value is -5.05. The molecule has 0 N–H and O–H groups in total. The van der Waals surface area contributed by atoms with E-state index >= 15 is 0 Å². The maximum atomic E-state index is 12.6. The Bertz CT molecular complexity index is 2260. The summed E-state index contributed by atoms with van der Waals surface area (Å²) in [7, 11) is 1.63. The van der Waals surface area contributed by atoms with Crippen molar-refractivity contribution in [1.29, 1.82) is 10.5 Å².